The maximum atomic E-state index is 12.7. The quantitative estimate of drug-likeness (QED) is 0.674. The van der Waals surface area contributed by atoms with Crippen LogP contribution in [0.2, 0.25) is 0 Å². The fraction of sp³-hybridized carbons (Fsp3) is 0.250. The van der Waals surface area contributed by atoms with Gasteiger partial charge in [-0.3, -0.25) is 0 Å². The first-order valence-corrected chi connectivity index (χ1v) is 3.60. The van der Waals surface area contributed by atoms with Crippen molar-refractivity contribution in [3.8, 4) is 5.75 Å². The second kappa shape index (κ2) is 5.01. The molecule has 1 rings (SSSR count). The minimum atomic E-state index is -0.670. The SMILES string of the molecule is Cl.NC[C@@H](N)c1cccc(F)c1O. The molecule has 0 aliphatic rings. The Kier molecular flexibility index (Phi) is 4.69. The van der Waals surface area contributed by atoms with Gasteiger partial charge in [0.25, 0.3) is 0 Å². The van der Waals surface area contributed by atoms with E-state index in [0.717, 1.165) is 0 Å². The number of benzene rings is 1. The summed E-state index contributed by atoms with van der Waals surface area (Å²) in [7, 11) is 0. The summed E-state index contributed by atoms with van der Waals surface area (Å²) < 4.78 is 12.7. The largest absolute Gasteiger partial charge is 0.505 e. The highest BCUT2D eigenvalue weighted by molar-refractivity contribution is 5.85. The molecule has 5 heteroatoms. The number of rotatable bonds is 2. The second-order valence-electron chi connectivity index (χ2n) is 2.52. The number of hydrogen-bond donors (Lipinski definition) is 3. The van der Waals surface area contributed by atoms with Crippen molar-refractivity contribution >= 4 is 12.4 Å². The number of aromatic hydroxyl groups is 1. The van der Waals surface area contributed by atoms with Crippen molar-refractivity contribution in [2.24, 2.45) is 11.5 Å². The highest BCUT2D eigenvalue weighted by Crippen LogP contribution is 2.24. The molecule has 5 N–H and O–H groups in total. The maximum Gasteiger partial charge on any atom is 0.165 e. The lowest BCUT2D eigenvalue weighted by molar-refractivity contribution is 0.421. The Morgan fingerprint density at radius 2 is 2.08 bits per heavy atom. The summed E-state index contributed by atoms with van der Waals surface area (Å²) >= 11 is 0. The van der Waals surface area contributed by atoms with E-state index < -0.39 is 17.6 Å². The lowest BCUT2D eigenvalue weighted by atomic mass is 10.1. The summed E-state index contributed by atoms with van der Waals surface area (Å²) in [5.74, 6) is -1.08. The predicted octanol–water partition coefficient (Wildman–Crippen LogP) is 0.912. The van der Waals surface area contributed by atoms with Crippen molar-refractivity contribution in [2.45, 2.75) is 6.04 Å². The first-order chi connectivity index (χ1) is 5.66. The summed E-state index contributed by atoms with van der Waals surface area (Å²) in [6.45, 7) is 0.178. The third-order valence-electron chi connectivity index (χ3n) is 1.67. The molecule has 0 heterocycles. The molecule has 0 unspecified atom stereocenters. The first-order valence-electron chi connectivity index (χ1n) is 3.60. The van der Waals surface area contributed by atoms with E-state index in [1.807, 2.05) is 0 Å². The van der Waals surface area contributed by atoms with Crippen molar-refractivity contribution in [2.75, 3.05) is 6.54 Å². The molecule has 1 aromatic rings. The van der Waals surface area contributed by atoms with Gasteiger partial charge in [-0.25, -0.2) is 4.39 Å². The number of para-hydroxylation sites is 1. The maximum absolute atomic E-state index is 12.7. The summed E-state index contributed by atoms with van der Waals surface area (Å²) in [5.41, 5.74) is 11.1. The first kappa shape index (κ1) is 12.2. The van der Waals surface area contributed by atoms with Crippen molar-refractivity contribution < 1.29 is 9.50 Å². The van der Waals surface area contributed by atoms with Gasteiger partial charge >= 0.3 is 0 Å². The van der Waals surface area contributed by atoms with Crippen LogP contribution in [-0.2, 0) is 0 Å². The van der Waals surface area contributed by atoms with E-state index in [-0.39, 0.29) is 19.0 Å². The number of phenols is 1. The standard InChI is InChI=1S/C8H11FN2O.ClH/c9-6-3-1-2-5(8(6)12)7(11)4-10;/h1-3,7,12H,4,10-11H2;1H/t7-;/m1./s1. The highest BCUT2D eigenvalue weighted by Gasteiger charge is 2.11. The van der Waals surface area contributed by atoms with Crippen LogP contribution in [0.1, 0.15) is 11.6 Å². The van der Waals surface area contributed by atoms with Crippen LogP contribution >= 0.6 is 12.4 Å². The van der Waals surface area contributed by atoms with Crippen LogP contribution in [0.25, 0.3) is 0 Å². The van der Waals surface area contributed by atoms with Crippen LogP contribution in [-0.4, -0.2) is 11.7 Å². The molecular formula is C8H12ClFN2O. The van der Waals surface area contributed by atoms with Gasteiger partial charge in [-0.1, -0.05) is 12.1 Å². The average molecular weight is 207 g/mol. The van der Waals surface area contributed by atoms with Gasteiger partial charge in [-0.05, 0) is 6.07 Å². The lowest BCUT2D eigenvalue weighted by Gasteiger charge is -2.10. The number of halogens is 2. The monoisotopic (exact) mass is 206 g/mol. The van der Waals surface area contributed by atoms with E-state index in [2.05, 4.69) is 0 Å². The van der Waals surface area contributed by atoms with Crippen LogP contribution in [0.3, 0.4) is 0 Å². The Hall–Kier alpha value is -0.840. The zero-order valence-corrected chi connectivity index (χ0v) is 7.72. The molecule has 0 fully saturated rings. The molecule has 0 amide bonds. The van der Waals surface area contributed by atoms with E-state index in [1.54, 1.807) is 6.07 Å². The Bertz CT molecular complexity index is 283. The molecule has 0 bridgehead atoms. The third-order valence-corrected chi connectivity index (χ3v) is 1.67. The van der Waals surface area contributed by atoms with Crippen molar-refractivity contribution in [3.63, 3.8) is 0 Å². The third kappa shape index (κ3) is 2.55. The fourth-order valence-electron chi connectivity index (χ4n) is 0.958. The van der Waals surface area contributed by atoms with Crippen LogP contribution < -0.4 is 11.5 Å². The lowest BCUT2D eigenvalue weighted by Crippen LogP contribution is -2.20. The topological polar surface area (TPSA) is 72.3 Å². The summed E-state index contributed by atoms with van der Waals surface area (Å²) in [6.07, 6.45) is 0. The molecule has 3 nitrogen and oxygen atoms in total. The average Bonchev–Trinajstić information content (AvgIpc) is 2.08. The van der Waals surface area contributed by atoms with Crippen molar-refractivity contribution in [1.82, 2.24) is 0 Å². The number of phenolic OH excluding ortho intramolecular Hbond substituents is 1. The van der Waals surface area contributed by atoms with Crippen molar-refractivity contribution in [3.05, 3.63) is 29.6 Å². The minimum Gasteiger partial charge on any atom is -0.505 e. The molecular weight excluding hydrogens is 195 g/mol. The van der Waals surface area contributed by atoms with Crippen LogP contribution in [0.5, 0.6) is 5.75 Å². The molecule has 13 heavy (non-hydrogen) atoms. The molecule has 0 aliphatic carbocycles. The van der Waals surface area contributed by atoms with Gasteiger partial charge in [0, 0.05) is 18.2 Å². The van der Waals surface area contributed by atoms with Gasteiger partial charge in [-0.15, -0.1) is 12.4 Å². The van der Waals surface area contributed by atoms with Gasteiger partial charge < -0.3 is 16.6 Å². The van der Waals surface area contributed by atoms with E-state index in [9.17, 15) is 9.50 Å². The molecule has 0 aliphatic heterocycles. The Morgan fingerprint density at radius 1 is 1.46 bits per heavy atom. The van der Waals surface area contributed by atoms with E-state index in [4.69, 9.17) is 11.5 Å². The summed E-state index contributed by atoms with van der Waals surface area (Å²) in [5, 5.41) is 9.19. The highest BCUT2D eigenvalue weighted by atomic mass is 35.5. The summed E-state index contributed by atoms with van der Waals surface area (Å²) in [6, 6.07) is 3.69. The van der Waals surface area contributed by atoms with Gasteiger partial charge in [-0.2, -0.15) is 0 Å². The Morgan fingerprint density at radius 3 is 2.62 bits per heavy atom. The normalized spacial score (nSPS) is 11.9. The molecule has 0 spiro atoms. The fourth-order valence-corrected chi connectivity index (χ4v) is 0.958. The molecule has 0 saturated carbocycles. The Balaban J connectivity index is 0.00000144. The van der Waals surface area contributed by atoms with Gasteiger partial charge in [0.2, 0.25) is 0 Å². The zero-order chi connectivity index (χ0) is 9.14. The molecule has 1 atom stereocenters. The second-order valence-corrected chi connectivity index (χ2v) is 2.52. The molecule has 0 radical (unpaired) electrons. The minimum absolute atomic E-state index is 0. The molecule has 0 aromatic heterocycles. The molecule has 74 valence electrons. The van der Waals surface area contributed by atoms with Gasteiger partial charge in [0.15, 0.2) is 11.6 Å². The van der Waals surface area contributed by atoms with E-state index in [1.165, 1.54) is 12.1 Å². The van der Waals surface area contributed by atoms with Crippen LogP contribution in [0.15, 0.2) is 18.2 Å². The molecule has 0 saturated heterocycles. The van der Waals surface area contributed by atoms with Crippen LogP contribution in [0.4, 0.5) is 4.39 Å². The van der Waals surface area contributed by atoms with E-state index >= 15 is 0 Å². The van der Waals surface area contributed by atoms with Gasteiger partial charge in [0.05, 0.1) is 0 Å². The summed E-state index contributed by atoms with van der Waals surface area (Å²) in [4.78, 5) is 0. The smallest absolute Gasteiger partial charge is 0.165 e. The van der Waals surface area contributed by atoms with Gasteiger partial charge in [0.1, 0.15) is 0 Å². The van der Waals surface area contributed by atoms with Crippen molar-refractivity contribution in [1.29, 1.82) is 0 Å². The zero-order valence-electron chi connectivity index (χ0n) is 6.90. The molecule has 1 aromatic carbocycles. The Labute approximate surface area is 82.0 Å². The predicted molar refractivity (Wildman–Crippen MR) is 51.3 cm³/mol. The number of nitrogens with two attached hydrogens (primary N) is 2. The van der Waals surface area contributed by atoms with E-state index in [0.29, 0.717) is 5.56 Å². The number of hydrogen-bond acceptors (Lipinski definition) is 3. The van der Waals surface area contributed by atoms with Crippen LogP contribution in [0, 0.1) is 5.82 Å².